The smallest absolute Gasteiger partial charge is 0.246 e. The highest BCUT2D eigenvalue weighted by atomic mass is 16.5. The summed E-state index contributed by atoms with van der Waals surface area (Å²) in [7, 11) is 0. The number of rotatable bonds is 5. The van der Waals surface area contributed by atoms with Crippen molar-refractivity contribution >= 4 is 5.91 Å². The number of hydrogen-bond donors (Lipinski definition) is 2. The topological polar surface area (TPSA) is 50.4 Å². The Labute approximate surface area is 98.1 Å². The van der Waals surface area contributed by atoms with E-state index in [0.717, 1.165) is 32.4 Å². The van der Waals surface area contributed by atoms with Crippen LogP contribution in [0.15, 0.2) is 0 Å². The SMILES string of the molecule is CCC(C)NC(=O)COC1(C)CCCNC1. The van der Waals surface area contributed by atoms with Gasteiger partial charge in [0.2, 0.25) is 5.91 Å². The van der Waals surface area contributed by atoms with Gasteiger partial charge < -0.3 is 15.4 Å². The van der Waals surface area contributed by atoms with E-state index in [4.69, 9.17) is 4.74 Å². The Kier molecular flexibility index (Phi) is 5.22. The number of carbonyl (C=O) groups excluding carboxylic acids is 1. The van der Waals surface area contributed by atoms with Gasteiger partial charge in [0.25, 0.3) is 0 Å². The minimum Gasteiger partial charge on any atom is -0.364 e. The van der Waals surface area contributed by atoms with Crippen molar-refractivity contribution in [2.45, 2.75) is 51.7 Å². The predicted molar refractivity (Wildman–Crippen MR) is 64.4 cm³/mol. The van der Waals surface area contributed by atoms with Crippen LogP contribution in [0.5, 0.6) is 0 Å². The van der Waals surface area contributed by atoms with Crippen LogP contribution in [0.2, 0.25) is 0 Å². The van der Waals surface area contributed by atoms with Gasteiger partial charge in [-0.2, -0.15) is 0 Å². The third-order valence-corrected chi connectivity index (χ3v) is 3.13. The van der Waals surface area contributed by atoms with Crippen molar-refractivity contribution in [1.29, 1.82) is 0 Å². The van der Waals surface area contributed by atoms with Crippen LogP contribution in [-0.4, -0.2) is 37.2 Å². The van der Waals surface area contributed by atoms with Crippen molar-refractivity contribution in [2.24, 2.45) is 0 Å². The van der Waals surface area contributed by atoms with Gasteiger partial charge in [-0.15, -0.1) is 0 Å². The van der Waals surface area contributed by atoms with E-state index in [2.05, 4.69) is 24.5 Å². The van der Waals surface area contributed by atoms with Crippen molar-refractivity contribution in [1.82, 2.24) is 10.6 Å². The zero-order valence-electron chi connectivity index (χ0n) is 10.6. The molecule has 1 heterocycles. The molecule has 2 atom stereocenters. The minimum atomic E-state index is -0.176. The summed E-state index contributed by atoms with van der Waals surface area (Å²) in [6, 6.07) is 0.230. The molecule has 1 aliphatic rings. The minimum absolute atomic E-state index is 0.0128. The van der Waals surface area contributed by atoms with Crippen LogP contribution in [0.25, 0.3) is 0 Å². The van der Waals surface area contributed by atoms with Gasteiger partial charge in [0.1, 0.15) is 6.61 Å². The first-order valence-corrected chi connectivity index (χ1v) is 6.20. The van der Waals surface area contributed by atoms with Gasteiger partial charge in [0, 0.05) is 12.6 Å². The van der Waals surface area contributed by atoms with Gasteiger partial charge in [0.15, 0.2) is 0 Å². The van der Waals surface area contributed by atoms with E-state index in [-0.39, 0.29) is 24.2 Å². The summed E-state index contributed by atoms with van der Waals surface area (Å²) >= 11 is 0. The largest absolute Gasteiger partial charge is 0.364 e. The van der Waals surface area contributed by atoms with Gasteiger partial charge in [-0.1, -0.05) is 6.92 Å². The number of amides is 1. The van der Waals surface area contributed by atoms with Crippen molar-refractivity contribution in [2.75, 3.05) is 19.7 Å². The van der Waals surface area contributed by atoms with Crippen LogP contribution in [-0.2, 0) is 9.53 Å². The molecule has 1 amide bonds. The maximum absolute atomic E-state index is 11.5. The Morgan fingerprint density at radius 3 is 2.94 bits per heavy atom. The van der Waals surface area contributed by atoms with Gasteiger partial charge in [-0.3, -0.25) is 4.79 Å². The summed E-state index contributed by atoms with van der Waals surface area (Å²) in [4.78, 5) is 11.5. The third-order valence-electron chi connectivity index (χ3n) is 3.13. The second-order valence-corrected chi connectivity index (χ2v) is 4.90. The lowest BCUT2D eigenvalue weighted by Crippen LogP contribution is -2.47. The normalized spacial score (nSPS) is 27.4. The molecule has 1 aliphatic heterocycles. The molecule has 0 aromatic rings. The van der Waals surface area contributed by atoms with E-state index in [1.165, 1.54) is 0 Å². The van der Waals surface area contributed by atoms with Gasteiger partial charge in [-0.05, 0) is 39.7 Å². The molecule has 2 N–H and O–H groups in total. The monoisotopic (exact) mass is 228 g/mol. The first kappa shape index (κ1) is 13.5. The number of carbonyl (C=O) groups is 1. The molecular weight excluding hydrogens is 204 g/mol. The molecule has 1 saturated heterocycles. The Balaban J connectivity index is 2.24. The molecule has 0 saturated carbocycles. The number of ether oxygens (including phenoxy) is 1. The second kappa shape index (κ2) is 6.21. The Bertz CT molecular complexity index is 225. The zero-order chi connectivity index (χ0) is 12.0. The maximum Gasteiger partial charge on any atom is 0.246 e. The highest BCUT2D eigenvalue weighted by Crippen LogP contribution is 2.19. The Hall–Kier alpha value is -0.610. The van der Waals surface area contributed by atoms with E-state index >= 15 is 0 Å². The average Bonchev–Trinajstić information content (AvgIpc) is 2.27. The molecule has 4 nitrogen and oxygen atoms in total. The lowest BCUT2D eigenvalue weighted by Gasteiger charge is -2.34. The van der Waals surface area contributed by atoms with Gasteiger partial charge in [0.05, 0.1) is 5.60 Å². The van der Waals surface area contributed by atoms with Crippen molar-refractivity contribution in [3.8, 4) is 0 Å². The lowest BCUT2D eigenvalue weighted by molar-refractivity contribution is -0.134. The van der Waals surface area contributed by atoms with Crippen LogP contribution in [0, 0.1) is 0 Å². The molecule has 94 valence electrons. The van der Waals surface area contributed by atoms with Crippen LogP contribution in [0.3, 0.4) is 0 Å². The fourth-order valence-corrected chi connectivity index (χ4v) is 1.81. The average molecular weight is 228 g/mol. The first-order chi connectivity index (χ1) is 7.56. The number of nitrogens with one attached hydrogen (secondary N) is 2. The zero-order valence-corrected chi connectivity index (χ0v) is 10.6. The van der Waals surface area contributed by atoms with Crippen LogP contribution < -0.4 is 10.6 Å². The molecule has 0 bridgehead atoms. The molecule has 0 aliphatic carbocycles. The molecular formula is C12H24N2O2. The highest BCUT2D eigenvalue weighted by molar-refractivity contribution is 5.77. The predicted octanol–water partition coefficient (Wildman–Crippen LogP) is 1.06. The molecule has 0 aromatic carbocycles. The third kappa shape index (κ3) is 4.49. The maximum atomic E-state index is 11.5. The van der Waals surface area contributed by atoms with Crippen LogP contribution >= 0.6 is 0 Å². The molecule has 16 heavy (non-hydrogen) atoms. The summed E-state index contributed by atoms with van der Waals surface area (Å²) in [5.74, 6) is -0.0128. The summed E-state index contributed by atoms with van der Waals surface area (Å²) < 4.78 is 5.70. The molecule has 0 spiro atoms. The standard InChI is InChI=1S/C12H24N2O2/c1-4-10(2)14-11(15)8-16-12(3)6-5-7-13-9-12/h10,13H,4-9H2,1-3H3,(H,14,15). The Morgan fingerprint density at radius 1 is 1.62 bits per heavy atom. The number of piperidine rings is 1. The van der Waals surface area contributed by atoms with Gasteiger partial charge in [-0.25, -0.2) is 0 Å². The van der Waals surface area contributed by atoms with E-state index in [0.29, 0.717) is 0 Å². The molecule has 1 rings (SSSR count). The Morgan fingerprint density at radius 2 is 2.38 bits per heavy atom. The van der Waals surface area contributed by atoms with Crippen molar-refractivity contribution in [3.63, 3.8) is 0 Å². The highest BCUT2D eigenvalue weighted by Gasteiger charge is 2.28. The van der Waals surface area contributed by atoms with E-state index < -0.39 is 0 Å². The van der Waals surface area contributed by atoms with E-state index in [9.17, 15) is 4.79 Å². The quantitative estimate of drug-likeness (QED) is 0.740. The fourth-order valence-electron chi connectivity index (χ4n) is 1.81. The van der Waals surface area contributed by atoms with Crippen LogP contribution in [0.1, 0.15) is 40.0 Å². The van der Waals surface area contributed by atoms with Crippen molar-refractivity contribution < 1.29 is 9.53 Å². The molecule has 0 aromatic heterocycles. The molecule has 2 unspecified atom stereocenters. The van der Waals surface area contributed by atoms with Gasteiger partial charge >= 0.3 is 0 Å². The lowest BCUT2D eigenvalue weighted by atomic mass is 9.96. The van der Waals surface area contributed by atoms with E-state index in [1.807, 2.05) is 6.92 Å². The second-order valence-electron chi connectivity index (χ2n) is 4.90. The van der Waals surface area contributed by atoms with E-state index in [1.54, 1.807) is 0 Å². The molecule has 0 radical (unpaired) electrons. The molecule has 1 fully saturated rings. The number of hydrogen-bond acceptors (Lipinski definition) is 3. The fraction of sp³-hybridized carbons (Fsp3) is 0.917. The summed E-state index contributed by atoms with van der Waals surface area (Å²) in [6.07, 6.45) is 3.09. The van der Waals surface area contributed by atoms with Crippen LogP contribution in [0.4, 0.5) is 0 Å². The summed E-state index contributed by atoms with van der Waals surface area (Å²) in [5, 5.41) is 6.20. The molecule has 4 heteroatoms. The summed E-state index contributed by atoms with van der Waals surface area (Å²) in [6.45, 7) is 8.18. The van der Waals surface area contributed by atoms with Crippen molar-refractivity contribution in [3.05, 3.63) is 0 Å². The summed E-state index contributed by atoms with van der Waals surface area (Å²) in [5.41, 5.74) is -0.176. The first-order valence-electron chi connectivity index (χ1n) is 6.20.